The SMILES string of the molecule is COc1ccc(C(Br)c2cc(Cl)ccc2C)c(F)c1. The maximum Gasteiger partial charge on any atom is 0.131 e. The summed E-state index contributed by atoms with van der Waals surface area (Å²) in [6, 6.07) is 10.4. The summed E-state index contributed by atoms with van der Waals surface area (Å²) < 4.78 is 19.1. The fourth-order valence-corrected chi connectivity index (χ4v) is 2.94. The van der Waals surface area contributed by atoms with Crippen LogP contribution in [0.4, 0.5) is 4.39 Å². The highest BCUT2D eigenvalue weighted by Gasteiger charge is 2.17. The summed E-state index contributed by atoms with van der Waals surface area (Å²) in [7, 11) is 1.52. The van der Waals surface area contributed by atoms with Crippen molar-refractivity contribution in [3.63, 3.8) is 0 Å². The Morgan fingerprint density at radius 2 is 1.89 bits per heavy atom. The molecule has 0 bridgehead atoms. The Morgan fingerprint density at radius 1 is 1.16 bits per heavy atom. The van der Waals surface area contributed by atoms with Crippen LogP contribution < -0.4 is 4.74 Å². The first-order valence-corrected chi connectivity index (χ1v) is 7.06. The molecule has 0 heterocycles. The fraction of sp³-hybridized carbons (Fsp3) is 0.200. The summed E-state index contributed by atoms with van der Waals surface area (Å²) in [4.78, 5) is -0.239. The second-order valence-electron chi connectivity index (χ2n) is 4.25. The van der Waals surface area contributed by atoms with Crippen LogP contribution in [0.3, 0.4) is 0 Å². The molecule has 4 heteroatoms. The molecule has 19 heavy (non-hydrogen) atoms. The molecule has 2 rings (SSSR count). The number of hydrogen-bond acceptors (Lipinski definition) is 1. The zero-order chi connectivity index (χ0) is 14.0. The average Bonchev–Trinajstić information content (AvgIpc) is 2.40. The van der Waals surface area contributed by atoms with Crippen LogP contribution >= 0.6 is 27.5 Å². The molecule has 0 saturated heterocycles. The number of halogens is 3. The molecule has 0 fully saturated rings. The van der Waals surface area contributed by atoms with Crippen LogP contribution in [-0.2, 0) is 0 Å². The van der Waals surface area contributed by atoms with E-state index in [4.69, 9.17) is 16.3 Å². The van der Waals surface area contributed by atoms with Crippen LogP contribution in [0.2, 0.25) is 5.02 Å². The number of alkyl halides is 1. The summed E-state index contributed by atoms with van der Waals surface area (Å²) in [5.41, 5.74) is 2.57. The Kier molecular flexibility index (Phi) is 4.48. The van der Waals surface area contributed by atoms with Crippen LogP contribution in [-0.4, -0.2) is 7.11 Å². The van der Waals surface area contributed by atoms with Gasteiger partial charge in [0.1, 0.15) is 11.6 Å². The first-order valence-electron chi connectivity index (χ1n) is 5.76. The van der Waals surface area contributed by atoms with Crippen molar-refractivity contribution in [1.29, 1.82) is 0 Å². The fourth-order valence-electron chi connectivity index (χ4n) is 1.89. The lowest BCUT2D eigenvalue weighted by molar-refractivity contribution is 0.411. The second kappa shape index (κ2) is 5.93. The Hall–Kier alpha value is -1.06. The maximum atomic E-state index is 14.1. The van der Waals surface area contributed by atoms with Crippen molar-refractivity contribution in [2.45, 2.75) is 11.8 Å². The molecule has 0 saturated carbocycles. The standard InChI is InChI=1S/C15H13BrClFO/c1-9-3-4-10(17)7-13(9)15(16)12-6-5-11(19-2)8-14(12)18/h3-8,15H,1-2H3. The van der Waals surface area contributed by atoms with Gasteiger partial charge >= 0.3 is 0 Å². The van der Waals surface area contributed by atoms with Crippen LogP contribution in [0.1, 0.15) is 21.5 Å². The van der Waals surface area contributed by atoms with Gasteiger partial charge in [0, 0.05) is 16.7 Å². The van der Waals surface area contributed by atoms with E-state index >= 15 is 0 Å². The molecule has 1 atom stereocenters. The monoisotopic (exact) mass is 342 g/mol. The smallest absolute Gasteiger partial charge is 0.131 e. The predicted octanol–water partition coefficient (Wildman–Crippen LogP) is 5.28. The zero-order valence-corrected chi connectivity index (χ0v) is 12.9. The van der Waals surface area contributed by atoms with E-state index in [9.17, 15) is 4.39 Å². The number of hydrogen-bond donors (Lipinski definition) is 0. The van der Waals surface area contributed by atoms with Crippen molar-refractivity contribution in [1.82, 2.24) is 0 Å². The quantitative estimate of drug-likeness (QED) is 0.689. The van der Waals surface area contributed by atoms with E-state index < -0.39 is 0 Å². The normalized spacial score (nSPS) is 12.3. The minimum absolute atomic E-state index is 0.239. The molecule has 2 aromatic carbocycles. The largest absolute Gasteiger partial charge is 0.497 e. The third-order valence-corrected chi connectivity index (χ3v) is 4.22. The molecular weight excluding hydrogens is 331 g/mol. The van der Waals surface area contributed by atoms with Gasteiger partial charge in [-0.2, -0.15) is 0 Å². The molecule has 0 aromatic heterocycles. The molecule has 0 N–H and O–H groups in total. The zero-order valence-electron chi connectivity index (χ0n) is 10.6. The first-order chi connectivity index (χ1) is 9.02. The van der Waals surface area contributed by atoms with E-state index in [1.807, 2.05) is 25.1 Å². The van der Waals surface area contributed by atoms with Gasteiger partial charge in [-0.1, -0.05) is 39.7 Å². The molecule has 0 aliphatic carbocycles. The molecular formula is C15H13BrClFO. The average molecular weight is 344 g/mol. The predicted molar refractivity (Wildman–Crippen MR) is 79.9 cm³/mol. The van der Waals surface area contributed by atoms with Gasteiger partial charge in [-0.05, 0) is 36.2 Å². The van der Waals surface area contributed by atoms with Crippen LogP contribution in [0.15, 0.2) is 36.4 Å². The Balaban J connectivity index is 2.43. The van der Waals surface area contributed by atoms with Crippen molar-refractivity contribution in [3.05, 3.63) is 63.9 Å². The van der Waals surface area contributed by atoms with Gasteiger partial charge in [0.05, 0.1) is 11.9 Å². The van der Waals surface area contributed by atoms with Gasteiger partial charge < -0.3 is 4.74 Å². The molecule has 0 aliphatic heterocycles. The number of methoxy groups -OCH3 is 1. The number of ether oxygens (including phenoxy) is 1. The Morgan fingerprint density at radius 3 is 2.53 bits per heavy atom. The van der Waals surface area contributed by atoms with E-state index in [2.05, 4.69) is 15.9 Å². The van der Waals surface area contributed by atoms with E-state index in [1.54, 1.807) is 12.1 Å². The minimum Gasteiger partial charge on any atom is -0.497 e. The second-order valence-corrected chi connectivity index (χ2v) is 5.60. The highest BCUT2D eigenvalue weighted by atomic mass is 79.9. The van der Waals surface area contributed by atoms with E-state index in [-0.39, 0.29) is 10.6 Å². The lowest BCUT2D eigenvalue weighted by Gasteiger charge is -2.15. The van der Waals surface area contributed by atoms with E-state index in [0.717, 1.165) is 11.1 Å². The third kappa shape index (κ3) is 3.10. The topological polar surface area (TPSA) is 9.23 Å². The number of aryl methyl sites for hydroxylation is 1. The molecule has 0 amide bonds. The maximum absolute atomic E-state index is 14.1. The van der Waals surface area contributed by atoms with Crippen molar-refractivity contribution < 1.29 is 9.13 Å². The van der Waals surface area contributed by atoms with Crippen LogP contribution in [0, 0.1) is 12.7 Å². The van der Waals surface area contributed by atoms with Crippen molar-refractivity contribution in [3.8, 4) is 5.75 Å². The number of rotatable bonds is 3. The van der Waals surface area contributed by atoms with Crippen molar-refractivity contribution in [2.75, 3.05) is 7.11 Å². The van der Waals surface area contributed by atoms with Gasteiger partial charge in [0.25, 0.3) is 0 Å². The lowest BCUT2D eigenvalue weighted by Crippen LogP contribution is -1.99. The van der Waals surface area contributed by atoms with Crippen LogP contribution in [0.5, 0.6) is 5.75 Å². The number of benzene rings is 2. The van der Waals surface area contributed by atoms with Crippen molar-refractivity contribution >= 4 is 27.5 Å². The van der Waals surface area contributed by atoms with Gasteiger partial charge in [0.15, 0.2) is 0 Å². The summed E-state index contributed by atoms with van der Waals surface area (Å²) in [5.74, 6) is 0.198. The molecule has 0 aliphatic rings. The lowest BCUT2D eigenvalue weighted by atomic mass is 10.00. The van der Waals surface area contributed by atoms with Crippen LogP contribution in [0.25, 0.3) is 0 Å². The molecule has 0 radical (unpaired) electrons. The van der Waals surface area contributed by atoms with Gasteiger partial charge in [-0.15, -0.1) is 0 Å². The first kappa shape index (κ1) is 14.4. The van der Waals surface area contributed by atoms with Crippen molar-refractivity contribution in [2.24, 2.45) is 0 Å². The minimum atomic E-state index is -0.305. The highest BCUT2D eigenvalue weighted by Crippen LogP contribution is 2.36. The molecule has 0 spiro atoms. The molecule has 2 aromatic rings. The van der Waals surface area contributed by atoms with E-state index in [0.29, 0.717) is 16.3 Å². The summed E-state index contributed by atoms with van der Waals surface area (Å²) in [6.07, 6.45) is 0. The summed E-state index contributed by atoms with van der Waals surface area (Å²) in [6.45, 7) is 1.97. The summed E-state index contributed by atoms with van der Waals surface area (Å²) in [5, 5.41) is 0.638. The highest BCUT2D eigenvalue weighted by molar-refractivity contribution is 9.09. The van der Waals surface area contributed by atoms with E-state index in [1.165, 1.54) is 13.2 Å². The molecule has 100 valence electrons. The summed E-state index contributed by atoms with van der Waals surface area (Å²) >= 11 is 9.54. The molecule has 1 unspecified atom stereocenters. The Bertz CT molecular complexity index is 601. The third-order valence-electron chi connectivity index (χ3n) is 3.00. The van der Waals surface area contributed by atoms with Gasteiger partial charge in [-0.3, -0.25) is 0 Å². The van der Waals surface area contributed by atoms with Gasteiger partial charge in [0.2, 0.25) is 0 Å². The van der Waals surface area contributed by atoms with Gasteiger partial charge in [-0.25, -0.2) is 4.39 Å². The Labute approximate surface area is 125 Å². The molecule has 1 nitrogen and oxygen atoms in total.